The summed E-state index contributed by atoms with van der Waals surface area (Å²) in [6.45, 7) is 2.25. The van der Waals surface area contributed by atoms with Crippen molar-refractivity contribution < 1.29 is 14.3 Å². The molecule has 1 saturated heterocycles. The molecule has 0 aliphatic carbocycles. The molecule has 1 fully saturated rings. The number of halogens is 1. The van der Waals surface area contributed by atoms with E-state index in [2.05, 4.69) is 0 Å². The van der Waals surface area contributed by atoms with Crippen molar-refractivity contribution in [2.45, 2.75) is 6.54 Å². The molecule has 20 heavy (non-hydrogen) atoms. The zero-order chi connectivity index (χ0) is 14.5. The van der Waals surface area contributed by atoms with Crippen molar-refractivity contribution in [3.8, 4) is 6.07 Å². The third kappa shape index (κ3) is 3.32. The molecule has 0 atom stereocenters. The van der Waals surface area contributed by atoms with Gasteiger partial charge >= 0.3 is 0 Å². The fourth-order valence-electron chi connectivity index (χ4n) is 2.26. The van der Waals surface area contributed by atoms with Gasteiger partial charge in [-0.2, -0.15) is 5.26 Å². The monoisotopic (exact) mass is 277 g/mol. The first-order valence-electron chi connectivity index (χ1n) is 6.43. The van der Waals surface area contributed by atoms with Crippen molar-refractivity contribution in [1.82, 2.24) is 9.80 Å². The highest BCUT2D eigenvalue weighted by Gasteiger charge is 2.21. The van der Waals surface area contributed by atoms with Gasteiger partial charge in [0.25, 0.3) is 0 Å². The van der Waals surface area contributed by atoms with Crippen LogP contribution in [0.5, 0.6) is 0 Å². The number of benzene rings is 1. The summed E-state index contributed by atoms with van der Waals surface area (Å²) in [5.41, 5.74) is 0.932. The van der Waals surface area contributed by atoms with Crippen molar-refractivity contribution in [2.75, 3.05) is 32.8 Å². The number of nitrogens with zero attached hydrogens (tertiary/aromatic N) is 3. The molecule has 0 saturated carbocycles. The Labute approximate surface area is 116 Å². The van der Waals surface area contributed by atoms with E-state index in [4.69, 9.17) is 10.4 Å². The summed E-state index contributed by atoms with van der Waals surface area (Å²) in [6.07, 6.45) is 0. The summed E-state index contributed by atoms with van der Waals surface area (Å²) in [6, 6.07) is 6.31. The first-order valence-corrected chi connectivity index (χ1v) is 6.43. The van der Waals surface area contributed by atoms with Gasteiger partial charge in [0, 0.05) is 38.3 Å². The predicted octanol–water partition coefficient (Wildman–Crippen LogP) is 0.334. The second-order valence-corrected chi connectivity index (χ2v) is 4.73. The molecule has 1 aliphatic heterocycles. The van der Waals surface area contributed by atoms with Gasteiger partial charge in [-0.3, -0.25) is 9.69 Å². The SMILES string of the molecule is N#Cc1ccc(F)c(CN2CCN(C(=O)CO)CC2)c1. The van der Waals surface area contributed by atoms with Gasteiger partial charge in [-0.05, 0) is 18.2 Å². The lowest BCUT2D eigenvalue weighted by Crippen LogP contribution is -2.49. The highest BCUT2D eigenvalue weighted by atomic mass is 19.1. The van der Waals surface area contributed by atoms with Crippen LogP contribution in [0.15, 0.2) is 18.2 Å². The zero-order valence-electron chi connectivity index (χ0n) is 11.0. The van der Waals surface area contributed by atoms with Gasteiger partial charge < -0.3 is 10.0 Å². The Morgan fingerprint density at radius 1 is 1.35 bits per heavy atom. The van der Waals surface area contributed by atoms with Gasteiger partial charge in [0.2, 0.25) is 5.91 Å². The predicted molar refractivity (Wildman–Crippen MR) is 70.1 cm³/mol. The minimum atomic E-state index is -0.473. The Morgan fingerprint density at radius 3 is 2.65 bits per heavy atom. The number of hydrogen-bond donors (Lipinski definition) is 1. The normalized spacial score (nSPS) is 15.9. The maximum atomic E-state index is 13.7. The number of nitriles is 1. The summed E-state index contributed by atoms with van der Waals surface area (Å²) < 4.78 is 13.7. The number of aliphatic hydroxyl groups excluding tert-OH is 1. The molecule has 1 aromatic carbocycles. The van der Waals surface area contributed by atoms with Crippen LogP contribution in [0.4, 0.5) is 4.39 Å². The number of amides is 1. The second-order valence-electron chi connectivity index (χ2n) is 4.73. The molecular formula is C14H16FN3O2. The fourth-order valence-corrected chi connectivity index (χ4v) is 2.26. The van der Waals surface area contributed by atoms with E-state index in [1.165, 1.54) is 12.1 Å². The van der Waals surface area contributed by atoms with Crippen LogP contribution in [0.25, 0.3) is 0 Å². The smallest absolute Gasteiger partial charge is 0.248 e. The average molecular weight is 277 g/mol. The van der Waals surface area contributed by atoms with Gasteiger partial charge in [0.15, 0.2) is 0 Å². The molecule has 2 rings (SSSR count). The summed E-state index contributed by atoms with van der Waals surface area (Å²) >= 11 is 0. The third-order valence-corrected chi connectivity index (χ3v) is 3.43. The van der Waals surface area contributed by atoms with Gasteiger partial charge in [-0.15, -0.1) is 0 Å². The van der Waals surface area contributed by atoms with E-state index in [1.807, 2.05) is 11.0 Å². The maximum absolute atomic E-state index is 13.7. The quantitative estimate of drug-likeness (QED) is 0.865. The Kier molecular flexibility index (Phi) is 4.66. The van der Waals surface area contributed by atoms with Crippen molar-refractivity contribution >= 4 is 5.91 Å². The largest absolute Gasteiger partial charge is 0.387 e. The lowest BCUT2D eigenvalue weighted by atomic mass is 10.1. The average Bonchev–Trinajstić information content (AvgIpc) is 2.49. The van der Waals surface area contributed by atoms with Crippen LogP contribution in [-0.2, 0) is 11.3 Å². The summed E-state index contributed by atoms with van der Waals surface area (Å²) in [7, 11) is 0. The van der Waals surface area contributed by atoms with Crippen molar-refractivity contribution in [3.63, 3.8) is 0 Å². The van der Waals surface area contributed by atoms with E-state index < -0.39 is 6.61 Å². The second kappa shape index (κ2) is 6.46. The fraction of sp³-hybridized carbons (Fsp3) is 0.429. The highest BCUT2D eigenvalue weighted by molar-refractivity contribution is 5.77. The van der Waals surface area contributed by atoms with Crippen molar-refractivity contribution in [1.29, 1.82) is 5.26 Å². The lowest BCUT2D eigenvalue weighted by Gasteiger charge is -2.34. The van der Waals surface area contributed by atoms with Crippen LogP contribution >= 0.6 is 0 Å². The first-order chi connectivity index (χ1) is 9.63. The van der Waals surface area contributed by atoms with Gasteiger partial charge in [-0.25, -0.2) is 4.39 Å². The Hall–Kier alpha value is -1.97. The molecule has 0 bridgehead atoms. The molecule has 0 unspecified atom stereocenters. The van der Waals surface area contributed by atoms with Crippen LogP contribution < -0.4 is 0 Å². The van der Waals surface area contributed by atoms with Crippen molar-refractivity contribution in [3.05, 3.63) is 35.1 Å². The van der Waals surface area contributed by atoms with Crippen LogP contribution in [0.2, 0.25) is 0 Å². The molecule has 1 aromatic rings. The number of aliphatic hydroxyl groups is 1. The molecule has 0 spiro atoms. The van der Waals surface area contributed by atoms with Crippen molar-refractivity contribution in [2.24, 2.45) is 0 Å². The summed E-state index contributed by atoms with van der Waals surface area (Å²) in [5.74, 6) is -0.597. The minimum absolute atomic E-state index is 0.276. The molecular weight excluding hydrogens is 261 g/mol. The van der Waals surface area contributed by atoms with Gasteiger partial charge in [0.1, 0.15) is 12.4 Å². The molecule has 1 aliphatic rings. The van der Waals surface area contributed by atoms with E-state index in [-0.39, 0.29) is 11.7 Å². The minimum Gasteiger partial charge on any atom is -0.387 e. The molecule has 1 heterocycles. The zero-order valence-corrected chi connectivity index (χ0v) is 11.0. The number of carbonyl (C=O) groups excluding carboxylic acids is 1. The standard InChI is InChI=1S/C14H16FN3O2/c15-13-2-1-11(8-16)7-12(13)9-17-3-5-18(6-4-17)14(20)10-19/h1-2,7,19H,3-6,9-10H2. The number of hydrogen-bond acceptors (Lipinski definition) is 4. The molecule has 0 radical (unpaired) electrons. The van der Waals surface area contributed by atoms with Crippen LogP contribution in [0.1, 0.15) is 11.1 Å². The Balaban J connectivity index is 1.96. The van der Waals surface area contributed by atoms with E-state index >= 15 is 0 Å². The van der Waals surface area contributed by atoms with Crippen LogP contribution in [0.3, 0.4) is 0 Å². The summed E-state index contributed by atoms with van der Waals surface area (Å²) in [4.78, 5) is 15.0. The maximum Gasteiger partial charge on any atom is 0.248 e. The lowest BCUT2D eigenvalue weighted by molar-refractivity contribution is -0.136. The molecule has 1 amide bonds. The third-order valence-electron chi connectivity index (χ3n) is 3.43. The van der Waals surface area contributed by atoms with Gasteiger partial charge in [0.05, 0.1) is 11.6 Å². The summed E-state index contributed by atoms with van der Waals surface area (Å²) in [5, 5.41) is 17.6. The van der Waals surface area contributed by atoms with E-state index in [0.29, 0.717) is 43.9 Å². The topological polar surface area (TPSA) is 67.6 Å². The molecule has 1 N–H and O–H groups in total. The molecule has 5 nitrogen and oxygen atoms in total. The van der Waals surface area contributed by atoms with Gasteiger partial charge in [-0.1, -0.05) is 0 Å². The van der Waals surface area contributed by atoms with E-state index in [0.717, 1.165) is 0 Å². The first kappa shape index (κ1) is 14.4. The number of piperazine rings is 1. The van der Waals surface area contributed by atoms with Crippen LogP contribution in [0, 0.1) is 17.1 Å². The number of rotatable bonds is 3. The Bertz CT molecular complexity index is 534. The highest BCUT2D eigenvalue weighted by Crippen LogP contribution is 2.14. The van der Waals surface area contributed by atoms with E-state index in [1.54, 1.807) is 11.0 Å². The molecule has 6 heteroatoms. The number of carbonyl (C=O) groups is 1. The Morgan fingerprint density at radius 2 is 2.05 bits per heavy atom. The molecule has 0 aromatic heterocycles. The molecule has 106 valence electrons. The van der Waals surface area contributed by atoms with E-state index in [9.17, 15) is 9.18 Å². The van der Waals surface area contributed by atoms with Crippen LogP contribution in [-0.4, -0.2) is 53.6 Å².